The third-order valence-electron chi connectivity index (χ3n) is 1.83. The van der Waals surface area contributed by atoms with Gasteiger partial charge in [0.2, 0.25) is 6.17 Å². The van der Waals surface area contributed by atoms with Crippen molar-refractivity contribution in [3.8, 4) is 0 Å². The van der Waals surface area contributed by atoms with Crippen LogP contribution in [0.1, 0.15) is 6.92 Å². The lowest BCUT2D eigenvalue weighted by Gasteiger charge is -2.38. The minimum Gasteiger partial charge on any atom is -0.464 e. The van der Waals surface area contributed by atoms with Gasteiger partial charge in [-0.15, -0.1) is 0 Å². The SMILES string of the molecule is CCOC(=O)C(F)C1(O)CNC1. The average Bonchev–Trinajstić information content (AvgIpc) is 1.99. The lowest BCUT2D eigenvalue weighted by Crippen LogP contribution is -2.66. The Labute approximate surface area is 69.7 Å². The number of alkyl halides is 1. The summed E-state index contributed by atoms with van der Waals surface area (Å²) in [5, 5.41) is 12.0. The molecule has 1 fully saturated rings. The van der Waals surface area contributed by atoms with Gasteiger partial charge in [-0.3, -0.25) is 0 Å². The molecule has 12 heavy (non-hydrogen) atoms. The van der Waals surface area contributed by atoms with Crippen molar-refractivity contribution in [2.75, 3.05) is 19.7 Å². The molecule has 70 valence electrons. The molecular formula is C7H12FNO3. The van der Waals surface area contributed by atoms with Gasteiger partial charge in [0, 0.05) is 13.1 Å². The number of hydrogen-bond donors (Lipinski definition) is 2. The lowest BCUT2D eigenvalue weighted by molar-refractivity contribution is -0.164. The maximum absolute atomic E-state index is 13.0. The fourth-order valence-electron chi connectivity index (χ4n) is 0.995. The van der Waals surface area contributed by atoms with Gasteiger partial charge in [-0.05, 0) is 6.92 Å². The van der Waals surface area contributed by atoms with E-state index in [-0.39, 0.29) is 19.7 Å². The van der Waals surface area contributed by atoms with Crippen molar-refractivity contribution in [1.82, 2.24) is 5.32 Å². The molecule has 0 bridgehead atoms. The van der Waals surface area contributed by atoms with E-state index in [0.29, 0.717) is 0 Å². The van der Waals surface area contributed by atoms with E-state index in [0.717, 1.165) is 0 Å². The van der Waals surface area contributed by atoms with Crippen molar-refractivity contribution in [1.29, 1.82) is 0 Å². The van der Waals surface area contributed by atoms with Crippen LogP contribution in [0.2, 0.25) is 0 Å². The maximum atomic E-state index is 13.0. The number of aliphatic hydroxyl groups is 1. The standard InChI is InChI=1S/C7H12FNO3/c1-2-12-6(10)5(8)7(11)3-9-4-7/h5,9,11H,2-4H2,1H3. The number of hydrogen-bond acceptors (Lipinski definition) is 4. The third kappa shape index (κ3) is 1.56. The summed E-state index contributed by atoms with van der Waals surface area (Å²) in [6.07, 6.45) is -1.93. The first-order valence-corrected chi connectivity index (χ1v) is 3.84. The van der Waals surface area contributed by atoms with Gasteiger partial charge < -0.3 is 15.2 Å². The van der Waals surface area contributed by atoms with Gasteiger partial charge in [0.1, 0.15) is 5.60 Å². The van der Waals surface area contributed by atoms with Crippen molar-refractivity contribution >= 4 is 5.97 Å². The van der Waals surface area contributed by atoms with Gasteiger partial charge in [0.05, 0.1) is 6.61 Å². The molecule has 2 N–H and O–H groups in total. The van der Waals surface area contributed by atoms with Crippen LogP contribution in [0.5, 0.6) is 0 Å². The summed E-state index contributed by atoms with van der Waals surface area (Å²) in [5.41, 5.74) is -1.55. The first-order valence-electron chi connectivity index (χ1n) is 3.84. The van der Waals surface area contributed by atoms with Gasteiger partial charge in [-0.25, -0.2) is 9.18 Å². The zero-order valence-electron chi connectivity index (χ0n) is 6.84. The number of nitrogens with one attached hydrogen (secondary N) is 1. The first-order chi connectivity index (χ1) is 5.60. The van der Waals surface area contributed by atoms with E-state index in [9.17, 15) is 14.3 Å². The highest BCUT2D eigenvalue weighted by Gasteiger charge is 2.47. The summed E-state index contributed by atoms with van der Waals surface area (Å²) in [4.78, 5) is 10.8. The van der Waals surface area contributed by atoms with Crippen molar-refractivity contribution in [2.24, 2.45) is 0 Å². The summed E-state index contributed by atoms with van der Waals surface area (Å²) >= 11 is 0. The Bertz CT molecular complexity index is 181. The molecule has 0 amide bonds. The Morgan fingerprint density at radius 1 is 1.83 bits per heavy atom. The van der Waals surface area contributed by atoms with Gasteiger partial charge >= 0.3 is 5.97 Å². The van der Waals surface area contributed by atoms with Crippen LogP contribution in [0.3, 0.4) is 0 Å². The Hall–Kier alpha value is -0.680. The molecule has 1 heterocycles. The average molecular weight is 177 g/mol. The molecule has 1 aliphatic rings. The minimum atomic E-state index is -1.93. The van der Waals surface area contributed by atoms with Crippen LogP contribution in [0.25, 0.3) is 0 Å². The second kappa shape index (κ2) is 3.37. The molecule has 1 rings (SSSR count). The fourth-order valence-corrected chi connectivity index (χ4v) is 0.995. The van der Waals surface area contributed by atoms with Gasteiger partial charge in [0.25, 0.3) is 0 Å². The van der Waals surface area contributed by atoms with Crippen LogP contribution in [-0.4, -0.2) is 42.5 Å². The van der Waals surface area contributed by atoms with E-state index in [1.54, 1.807) is 6.92 Å². The highest BCUT2D eigenvalue weighted by Crippen LogP contribution is 2.19. The van der Waals surface area contributed by atoms with E-state index in [1.165, 1.54) is 0 Å². The number of esters is 1. The predicted octanol–water partition coefficient (Wildman–Crippen LogP) is -0.778. The van der Waals surface area contributed by atoms with E-state index in [1.807, 2.05) is 0 Å². The molecule has 0 saturated carbocycles. The van der Waals surface area contributed by atoms with Gasteiger partial charge in [-0.1, -0.05) is 0 Å². The van der Waals surface area contributed by atoms with Crippen molar-refractivity contribution in [3.05, 3.63) is 0 Å². The summed E-state index contributed by atoms with van der Waals surface area (Å²) in [7, 11) is 0. The zero-order chi connectivity index (χ0) is 9.19. The zero-order valence-corrected chi connectivity index (χ0v) is 6.84. The normalized spacial score (nSPS) is 22.6. The van der Waals surface area contributed by atoms with E-state index in [2.05, 4.69) is 10.1 Å². The Kier molecular flexibility index (Phi) is 2.64. The Morgan fingerprint density at radius 3 is 2.75 bits per heavy atom. The van der Waals surface area contributed by atoms with Gasteiger partial charge in [-0.2, -0.15) is 0 Å². The monoisotopic (exact) mass is 177 g/mol. The van der Waals surface area contributed by atoms with Crippen LogP contribution in [0.4, 0.5) is 4.39 Å². The molecule has 0 aromatic heterocycles. The van der Waals surface area contributed by atoms with Crippen LogP contribution in [0.15, 0.2) is 0 Å². The number of halogens is 1. The number of rotatable bonds is 3. The molecule has 1 saturated heterocycles. The summed E-state index contributed by atoms with van der Waals surface area (Å²) in [6.45, 7) is 1.93. The van der Waals surface area contributed by atoms with Crippen molar-refractivity contribution in [2.45, 2.75) is 18.7 Å². The molecule has 1 unspecified atom stereocenters. The number of ether oxygens (including phenoxy) is 1. The Morgan fingerprint density at radius 2 is 2.42 bits per heavy atom. The molecule has 0 spiro atoms. The second-order valence-electron chi connectivity index (χ2n) is 2.82. The van der Waals surface area contributed by atoms with Crippen molar-refractivity contribution < 1.29 is 19.0 Å². The number of β-amino-alcohol motifs (C(OH)–C–C–N with tert-alkyl or cyclic N) is 1. The maximum Gasteiger partial charge on any atom is 0.343 e. The summed E-state index contributed by atoms with van der Waals surface area (Å²) < 4.78 is 17.5. The molecular weight excluding hydrogens is 165 g/mol. The molecule has 1 aliphatic heterocycles. The highest BCUT2D eigenvalue weighted by molar-refractivity contribution is 5.76. The second-order valence-corrected chi connectivity index (χ2v) is 2.82. The fraction of sp³-hybridized carbons (Fsp3) is 0.857. The minimum absolute atomic E-state index is 0.104. The molecule has 0 aromatic carbocycles. The van der Waals surface area contributed by atoms with Crippen molar-refractivity contribution in [3.63, 3.8) is 0 Å². The molecule has 1 atom stereocenters. The number of carbonyl (C=O) groups is 1. The third-order valence-corrected chi connectivity index (χ3v) is 1.83. The topological polar surface area (TPSA) is 58.6 Å². The highest BCUT2D eigenvalue weighted by atomic mass is 19.1. The van der Waals surface area contributed by atoms with Gasteiger partial charge in [0.15, 0.2) is 0 Å². The van der Waals surface area contributed by atoms with Crippen LogP contribution in [0, 0.1) is 0 Å². The predicted molar refractivity (Wildman–Crippen MR) is 39.3 cm³/mol. The molecule has 5 heteroatoms. The molecule has 0 aliphatic carbocycles. The Balaban J connectivity index is 2.45. The molecule has 4 nitrogen and oxygen atoms in total. The molecule has 0 radical (unpaired) electrons. The largest absolute Gasteiger partial charge is 0.464 e. The lowest BCUT2D eigenvalue weighted by atomic mass is 9.91. The number of carbonyl (C=O) groups excluding carboxylic acids is 1. The first kappa shape index (κ1) is 9.41. The summed E-state index contributed by atoms with van der Waals surface area (Å²) in [6, 6.07) is 0. The molecule has 0 aromatic rings. The van der Waals surface area contributed by atoms with Crippen LogP contribution in [-0.2, 0) is 9.53 Å². The quantitative estimate of drug-likeness (QED) is 0.555. The summed E-state index contributed by atoms with van der Waals surface area (Å²) in [5.74, 6) is -0.985. The van der Waals surface area contributed by atoms with Crippen LogP contribution >= 0.6 is 0 Å². The smallest absolute Gasteiger partial charge is 0.343 e. The van der Waals surface area contributed by atoms with E-state index < -0.39 is 17.7 Å². The van der Waals surface area contributed by atoms with Crippen LogP contribution < -0.4 is 5.32 Å². The van der Waals surface area contributed by atoms with E-state index in [4.69, 9.17) is 0 Å². The van der Waals surface area contributed by atoms with E-state index >= 15 is 0 Å².